The number of aliphatic hydroxyl groups is 1. The van der Waals surface area contributed by atoms with E-state index in [9.17, 15) is 5.11 Å². The lowest BCUT2D eigenvalue weighted by atomic mass is 10.1. The van der Waals surface area contributed by atoms with Crippen molar-refractivity contribution in [2.75, 3.05) is 12.0 Å². The maximum atomic E-state index is 9.95. The lowest BCUT2D eigenvalue weighted by molar-refractivity contribution is 0.162. The van der Waals surface area contributed by atoms with E-state index in [4.69, 9.17) is 0 Å². The summed E-state index contributed by atoms with van der Waals surface area (Å²) in [6, 6.07) is 2.67. The third-order valence-corrected chi connectivity index (χ3v) is 4.39. The van der Waals surface area contributed by atoms with E-state index in [2.05, 4.69) is 28.3 Å². The summed E-state index contributed by atoms with van der Waals surface area (Å²) < 4.78 is 2.11. The molecule has 1 saturated carbocycles. The van der Waals surface area contributed by atoms with Gasteiger partial charge in [0.2, 0.25) is 0 Å². The molecule has 0 amide bonds. The number of aromatic nitrogens is 2. The minimum Gasteiger partial charge on any atom is -0.393 e. The topological polar surface area (TPSA) is 38.0 Å². The molecule has 0 saturated heterocycles. The fraction of sp³-hybridized carbons (Fsp3) is 0.786. The van der Waals surface area contributed by atoms with Crippen LogP contribution in [0.1, 0.15) is 50.3 Å². The van der Waals surface area contributed by atoms with E-state index in [1.54, 1.807) is 0 Å². The second-order valence-electron chi connectivity index (χ2n) is 5.22. The van der Waals surface area contributed by atoms with Crippen LogP contribution in [0.3, 0.4) is 0 Å². The molecule has 0 radical (unpaired) electrons. The third-order valence-electron chi connectivity index (χ3n) is 3.69. The maximum absolute atomic E-state index is 9.95. The monoisotopic (exact) mass is 268 g/mol. The Morgan fingerprint density at radius 1 is 1.50 bits per heavy atom. The van der Waals surface area contributed by atoms with Crippen molar-refractivity contribution in [2.24, 2.45) is 0 Å². The molecule has 1 aliphatic carbocycles. The largest absolute Gasteiger partial charge is 0.393 e. The Hall–Kier alpha value is -0.480. The van der Waals surface area contributed by atoms with E-state index < -0.39 is 0 Å². The number of hydrogen-bond donors (Lipinski definition) is 1. The van der Waals surface area contributed by atoms with Crippen LogP contribution >= 0.6 is 11.8 Å². The summed E-state index contributed by atoms with van der Waals surface area (Å²) in [4.78, 5) is 0. The van der Waals surface area contributed by atoms with E-state index in [1.807, 2.05) is 11.8 Å². The van der Waals surface area contributed by atoms with Gasteiger partial charge in [0.1, 0.15) is 0 Å². The third kappa shape index (κ3) is 4.02. The van der Waals surface area contributed by atoms with Gasteiger partial charge in [0.15, 0.2) is 0 Å². The van der Waals surface area contributed by atoms with Gasteiger partial charge in [0.25, 0.3) is 0 Å². The molecule has 1 atom stereocenters. The van der Waals surface area contributed by atoms with Crippen molar-refractivity contribution >= 4 is 11.8 Å². The molecule has 1 aromatic heterocycles. The highest BCUT2D eigenvalue weighted by molar-refractivity contribution is 7.98. The van der Waals surface area contributed by atoms with E-state index in [-0.39, 0.29) is 6.10 Å². The molecule has 0 spiro atoms. The lowest BCUT2D eigenvalue weighted by Gasteiger charge is -2.10. The highest BCUT2D eigenvalue weighted by Crippen LogP contribution is 2.28. The Kier molecular flexibility index (Phi) is 5.57. The fourth-order valence-electron chi connectivity index (χ4n) is 2.67. The molecular formula is C14H24N2OS. The van der Waals surface area contributed by atoms with Crippen LogP contribution < -0.4 is 0 Å². The van der Waals surface area contributed by atoms with Gasteiger partial charge in [-0.2, -0.15) is 16.9 Å². The summed E-state index contributed by atoms with van der Waals surface area (Å²) in [5, 5.41) is 14.6. The summed E-state index contributed by atoms with van der Waals surface area (Å²) in [5.41, 5.74) is 1.04. The van der Waals surface area contributed by atoms with Crippen LogP contribution in [0.5, 0.6) is 0 Å². The first-order valence-electron chi connectivity index (χ1n) is 7.00. The standard InChI is InChI=1S/C14H24N2OS/c1-18-10-4-7-14(17)11-12-8-9-16(15-12)13-5-2-3-6-13/h8-9,13-14,17H,2-7,10-11H2,1H3. The van der Waals surface area contributed by atoms with Crippen molar-refractivity contribution in [3.63, 3.8) is 0 Å². The first-order chi connectivity index (χ1) is 8.79. The van der Waals surface area contributed by atoms with Crippen molar-refractivity contribution in [1.82, 2.24) is 9.78 Å². The molecule has 2 rings (SSSR count). The summed E-state index contributed by atoms with van der Waals surface area (Å²) in [6.07, 6.45) is 11.8. The van der Waals surface area contributed by atoms with Crippen LogP contribution in [-0.4, -0.2) is 33.0 Å². The van der Waals surface area contributed by atoms with Gasteiger partial charge in [0.05, 0.1) is 17.8 Å². The van der Waals surface area contributed by atoms with Crippen LogP contribution in [0, 0.1) is 0 Å². The predicted octanol–water partition coefficient (Wildman–Crippen LogP) is 3.04. The van der Waals surface area contributed by atoms with Crippen molar-refractivity contribution in [3.8, 4) is 0 Å². The lowest BCUT2D eigenvalue weighted by Crippen LogP contribution is -2.12. The Morgan fingerprint density at radius 3 is 3.00 bits per heavy atom. The van der Waals surface area contributed by atoms with Crippen molar-refractivity contribution in [2.45, 2.75) is 57.1 Å². The molecule has 1 N–H and O–H groups in total. The van der Waals surface area contributed by atoms with Crippen LogP contribution in [0.15, 0.2) is 12.3 Å². The average molecular weight is 268 g/mol. The van der Waals surface area contributed by atoms with E-state index >= 15 is 0 Å². The number of hydrogen-bond acceptors (Lipinski definition) is 3. The molecule has 1 aromatic rings. The van der Waals surface area contributed by atoms with Crippen molar-refractivity contribution < 1.29 is 5.11 Å². The fourth-order valence-corrected chi connectivity index (χ4v) is 3.12. The summed E-state index contributed by atoms with van der Waals surface area (Å²) in [7, 11) is 0. The molecule has 1 fully saturated rings. The molecule has 1 unspecified atom stereocenters. The van der Waals surface area contributed by atoms with E-state index in [0.29, 0.717) is 12.5 Å². The van der Waals surface area contributed by atoms with Gasteiger partial charge < -0.3 is 5.11 Å². The Labute approximate surface area is 114 Å². The SMILES string of the molecule is CSCCCC(O)Cc1ccn(C2CCCC2)n1. The highest BCUT2D eigenvalue weighted by Gasteiger charge is 2.18. The summed E-state index contributed by atoms with van der Waals surface area (Å²) in [6.45, 7) is 0. The second kappa shape index (κ2) is 7.19. The van der Waals surface area contributed by atoms with Crippen molar-refractivity contribution in [1.29, 1.82) is 0 Å². The van der Waals surface area contributed by atoms with Crippen molar-refractivity contribution in [3.05, 3.63) is 18.0 Å². The molecule has 0 aromatic carbocycles. The molecule has 3 nitrogen and oxygen atoms in total. The number of rotatable bonds is 7. The van der Waals surface area contributed by atoms with E-state index in [1.165, 1.54) is 25.7 Å². The van der Waals surface area contributed by atoms with Gasteiger partial charge in [0, 0.05) is 12.6 Å². The predicted molar refractivity (Wildman–Crippen MR) is 77.1 cm³/mol. The molecule has 0 aliphatic heterocycles. The summed E-state index contributed by atoms with van der Waals surface area (Å²) >= 11 is 1.84. The van der Waals surface area contributed by atoms with Gasteiger partial charge in [-0.05, 0) is 43.8 Å². The minimum absolute atomic E-state index is 0.232. The number of nitrogens with zero attached hydrogens (tertiary/aromatic N) is 2. The maximum Gasteiger partial charge on any atom is 0.0650 e. The quantitative estimate of drug-likeness (QED) is 0.772. The molecule has 102 valence electrons. The highest BCUT2D eigenvalue weighted by atomic mass is 32.2. The van der Waals surface area contributed by atoms with Crippen LogP contribution in [0.2, 0.25) is 0 Å². The first-order valence-corrected chi connectivity index (χ1v) is 8.40. The first kappa shape index (κ1) is 13.9. The average Bonchev–Trinajstić information content (AvgIpc) is 2.98. The van der Waals surface area contributed by atoms with Crippen LogP contribution in [0.25, 0.3) is 0 Å². The van der Waals surface area contributed by atoms with Gasteiger partial charge in [-0.3, -0.25) is 4.68 Å². The Morgan fingerprint density at radius 2 is 2.28 bits per heavy atom. The summed E-state index contributed by atoms with van der Waals surface area (Å²) in [5.74, 6) is 1.13. The van der Waals surface area contributed by atoms with Crippen LogP contribution in [0.4, 0.5) is 0 Å². The zero-order valence-electron chi connectivity index (χ0n) is 11.2. The Bertz CT molecular complexity index is 347. The number of aliphatic hydroxyl groups excluding tert-OH is 1. The van der Waals surface area contributed by atoms with Gasteiger partial charge in [-0.25, -0.2) is 0 Å². The smallest absolute Gasteiger partial charge is 0.0650 e. The molecule has 18 heavy (non-hydrogen) atoms. The van der Waals surface area contributed by atoms with Gasteiger partial charge >= 0.3 is 0 Å². The van der Waals surface area contributed by atoms with E-state index in [0.717, 1.165) is 24.3 Å². The van der Waals surface area contributed by atoms with Gasteiger partial charge in [-0.1, -0.05) is 12.8 Å². The normalized spacial score (nSPS) is 18.3. The zero-order chi connectivity index (χ0) is 12.8. The molecule has 4 heteroatoms. The van der Waals surface area contributed by atoms with Crippen LogP contribution in [-0.2, 0) is 6.42 Å². The Balaban J connectivity index is 1.78. The molecule has 0 bridgehead atoms. The minimum atomic E-state index is -0.232. The molecular weight excluding hydrogens is 244 g/mol. The number of thioether (sulfide) groups is 1. The zero-order valence-corrected chi connectivity index (χ0v) is 12.0. The molecule has 1 aliphatic rings. The van der Waals surface area contributed by atoms with Gasteiger partial charge in [-0.15, -0.1) is 0 Å². The molecule has 1 heterocycles. The second-order valence-corrected chi connectivity index (χ2v) is 6.20.